The van der Waals surface area contributed by atoms with E-state index in [2.05, 4.69) is 11.9 Å². The number of benzene rings is 1. The Labute approximate surface area is 117 Å². The van der Waals surface area contributed by atoms with E-state index in [-0.39, 0.29) is 5.92 Å². The molecule has 0 spiro atoms. The Balaban J connectivity index is 2.38. The molecule has 19 heavy (non-hydrogen) atoms. The van der Waals surface area contributed by atoms with Gasteiger partial charge in [0.2, 0.25) is 0 Å². The SMILES string of the molecule is COc1ccc(-c2csc(C(C)CN)n2)c(OC)c1. The van der Waals surface area contributed by atoms with Gasteiger partial charge >= 0.3 is 0 Å². The highest BCUT2D eigenvalue weighted by Gasteiger charge is 2.13. The molecule has 2 rings (SSSR count). The van der Waals surface area contributed by atoms with Crippen molar-refractivity contribution in [2.75, 3.05) is 20.8 Å². The number of hydrogen-bond donors (Lipinski definition) is 1. The first kappa shape index (κ1) is 13.8. The smallest absolute Gasteiger partial charge is 0.131 e. The monoisotopic (exact) mass is 278 g/mol. The van der Waals surface area contributed by atoms with Crippen LogP contribution in [0.3, 0.4) is 0 Å². The van der Waals surface area contributed by atoms with Gasteiger partial charge in [-0.05, 0) is 12.1 Å². The molecule has 1 aromatic heterocycles. The van der Waals surface area contributed by atoms with Crippen LogP contribution < -0.4 is 15.2 Å². The normalized spacial score (nSPS) is 12.2. The fourth-order valence-electron chi connectivity index (χ4n) is 1.75. The molecule has 5 heteroatoms. The van der Waals surface area contributed by atoms with Crippen LogP contribution in [0.2, 0.25) is 0 Å². The summed E-state index contributed by atoms with van der Waals surface area (Å²) in [5.74, 6) is 1.81. The van der Waals surface area contributed by atoms with Crippen LogP contribution in [0.4, 0.5) is 0 Å². The van der Waals surface area contributed by atoms with Crippen molar-refractivity contribution in [2.24, 2.45) is 5.73 Å². The highest BCUT2D eigenvalue weighted by atomic mass is 32.1. The molecular weight excluding hydrogens is 260 g/mol. The summed E-state index contributed by atoms with van der Waals surface area (Å²) in [6.45, 7) is 2.68. The highest BCUT2D eigenvalue weighted by Crippen LogP contribution is 2.34. The summed E-state index contributed by atoms with van der Waals surface area (Å²) >= 11 is 1.63. The second kappa shape index (κ2) is 6.04. The van der Waals surface area contributed by atoms with Crippen molar-refractivity contribution in [3.05, 3.63) is 28.6 Å². The van der Waals surface area contributed by atoms with Crippen LogP contribution in [0, 0.1) is 0 Å². The predicted molar refractivity (Wildman–Crippen MR) is 78.1 cm³/mol. The minimum Gasteiger partial charge on any atom is -0.497 e. The van der Waals surface area contributed by atoms with Crippen LogP contribution in [-0.2, 0) is 0 Å². The fourth-order valence-corrected chi connectivity index (χ4v) is 2.64. The highest BCUT2D eigenvalue weighted by molar-refractivity contribution is 7.10. The first-order chi connectivity index (χ1) is 9.19. The van der Waals surface area contributed by atoms with Crippen molar-refractivity contribution in [2.45, 2.75) is 12.8 Å². The largest absolute Gasteiger partial charge is 0.497 e. The Morgan fingerprint density at radius 2 is 2.11 bits per heavy atom. The molecule has 0 saturated carbocycles. The maximum Gasteiger partial charge on any atom is 0.131 e. The van der Waals surface area contributed by atoms with Gasteiger partial charge in [0, 0.05) is 29.5 Å². The zero-order chi connectivity index (χ0) is 13.8. The third-order valence-corrected chi connectivity index (χ3v) is 4.06. The molecule has 1 heterocycles. The van der Waals surface area contributed by atoms with E-state index in [1.807, 2.05) is 23.6 Å². The zero-order valence-corrected chi connectivity index (χ0v) is 12.2. The van der Waals surface area contributed by atoms with Crippen LogP contribution in [0.5, 0.6) is 11.5 Å². The van der Waals surface area contributed by atoms with Crippen LogP contribution in [0.1, 0.15) is 17.8 Å². The molecule has 0 amide bonds. The first-order valence-corrected chi connectivity index (χ1v) is 6.95. The molecule has 0 bridgehead atoms. The van der Waals surface area contributed by atoms with Gasteiger partial charge in [0.05, 0.1) is 24.9 Å². The molecule has 102 valence electrons. The third-order valence-electron chi connectivity index (χ3n) is 2.98. The third kappa shape index (κ3) is 2.88. The van der Waals surface area contributed by atoms with E-state index in [4.69, 9.17) is 15.2 Å². The molecule has 0 aliphatic carbocycles. The predicted octanol–water partition coefficient (Wildman–Crippen LogP) is 2.89. The Morgan fingerprint density at radius 3 is 2.74 bits per heavy atom. The minimum atomic E-state index is 0.281. The van der Waals surface area contributed by atoms with Crippen molar-refractivity contribution >= 4 is 11.3 Å². The van der Waals surface area contributed by atoms with Crippen molar-refractivity contribution in [3.63, 3.8) is 0 Å². The fraction of sp³-hybridized carbons (Fsp3) is 0.357. The lowest BCUT2D eigenvalue weighted by molar-refractivity contribution is 0.395. The molecule has 0 fully saturated rings. The van der Waals surface area contributed by atoms with Gasteiger partial charge in [0.15, 0.2) is 0 Å². The molecule has 0 saturated heterocycles. The zero-order valence-electron chi connectivity index (χ0n) is 11.3. The number of ether oxygens (including phenoxy) is 2. The lowest BCUT2D eigenvalue weighted by Crippen LogP contribution is -2.08. The van der Waals surface area contributed by atoms with Gasteiger partial charge < -0.3 is 15.2 Å². The molecule has 0 aliphatic heterocycles. The molecule has 1 unspecified atom stereocenters. The molecule has 2 aromatic rings. The van der Waals surface area contributed by atoms with Gasteiger partial charge in [-0.3, -0.25) is 0 Å². The van der Waals surface area contributed by atoms with E-state index < -0.39 is 0 Å². The van der Waals surface area contributed by atoms with Crippen LogP contribution >= 0.6 is 11.3 Å². The first-order valence-electron chi connectivity index (χ1n) is 6.07. The Kier molecular flexibility index (Phi) is 4.39. The molecule has 2 N–H and O–H groups in total. The van der Waals surface area contributed by atoms with Gasteiger partial charge in [-0.25, -0.2) is 4.98 Å². The van der Waals surface area contributed by atoms with E-state index in [1.54, 1.807) is 25.6 Å². The molecule has 0 aliphatic rings. The number of rotatable bonds is 5. The maximum absolute atomic E-state index is 5.67. The summed E-state index contributed by atoms with van der Waals surface area (Å²) in [5.41, 5.74) is 7.56. The Bertz CT molecular complexity index is 554. The van der Waals surface area contributed by atoms with E-state index in [1.165, 1.54) is 0 Å². The maximum atomic E-state index is 5.67. The second-order valence-electron chi connectivity index (χ2n) is 4.27. The summed E-state index contributed by atoms with van der Waals surface area (Å²) < 4.78 is 10.6. The van der Waals surface area contributed by atoms with Crippen molar-refractivity contribution in [1.82, 2.24) is 4.98 Å². The van der Waals surface area contributed by atoms with Gasteiger partial charge in [-0.1, -0.05) is 6.92 Å². The molecule has 1 atom stereocenters. The summed E-state index contributed by atoms with van der Waals surface area (Å²) in [5, 5.41) is 3.08. The Hall–Kier alpha value is -1.59. The topological polar surface area (TPSA) is 57.4 Å². The summed E-state index contributed by atoms with van der Waals surface area (Å²) in [7, 11) is 3.28. The van der Waals surface area contributed by atoms with Crippen LogP contribution in [0.15, 0.2) is 23.6 Å². The molecule has 1 aromatic carbocycles. The lowest BCUT2D eigenvalue weighted by atomic mass is 10.1. The van der Waals surface area contributed by atoms with Crippen molar-refractivity contribution < 1.29 is 9.47 Å². The molecule has 0 radical (unpaired) electrons. The van der Waals surface area contributed by atoms with Gasteiger partial charge in [0.1, 0.15) is 11.5 Å². The number of thiazole rings is 1. The van der Waals surface area contributed by atoms with Crippen molar-refractivity contribution in [1.29, 1.82) is 0 Å². The van der Waals surface area contributed by atoms with E-state index >= 15 is 0 Å². The Morgan fingerprint density at radius 1 is 1.32 bits per heavy atom. The molecule has 4 nitrogen and oxygen atoms in total. The summed E-state index contributed by atoms with van der Waals surface area (Å²) in [4.78, 5) is 4.63. The summed E-state index contributed by atoms with van der Waals surface area (Å²) in [6.07, 6.45) is 0. The number of aromatic nitrogens is 1. The average molecular weight is 278 g/mol. The minimum absolute atomic E-state index is 0.281. The molecular formula is C14H18N2O2S. The summed E-state index contributed by atoms with van der Waals surface area (Å²) in [6, 6.07) is 5.73. The van der Waals surface area contributed by atoms with Gasteiger partial charge in [-0.15, -0.1) is 11.3 Å². The van der Waals surface area contributed by atoms with E-state index in [0.717, 1.165) is 27.8 Å². The quantitative estimate of drug-likeness (QED) is 0.913. The lowest BCUT2D eigenvalue weighted by Gasteiger charge is -2.08. The van der Waals surface area contributed by atoms with Gasteiger partial charge in [0.25, 0.3) is 0 Å². The van der Waals surface area contributed by atoms with Gasteiger partial charge in [-0.2, -0.15) is 0 Å². The number of methoxy groups -OCH3 is 2. The number of nitrogens with two attached hydrogens (primary N) is 1. The second-order valence-corrected chi connectivity index (χ2v) is 5.16. The standard InChI is InChI=1S/C14H18N2O2S/c1-9(7-15)14-16-12(8-19-14)11-5-4-10(17-2)6-13(11)18-3/h4-6,8-9H,7,15H2,1-3H3. The van der Waals surface area contributed by atoms with Crippen molar-refractivity contribution in [3.8, 4) is 22.8 Å². The number of nitrogens with zero attached hydrogens (tertiary/aromatic N) is 1. The van der Waals surface area contributed by atoms with E-state index in [0.29, 0.717) is 6.54 Å². The number of hydrogen-bond acceptors (Lipinski definition) is 5. The van der Waals surface area contributed by atoms with Crippen LogP contribution in [0.25, 0.3) is 11.3 Å². The van der Waals surface area contributed by atoms with E-state index in [9.17, 15) is 0 Å². The van der Waals surface area contributed by atoms with Crippen LogP contribution in [-0.4, -0.2) is 25.7 Å². The average Bonchev–Trinajstić information content (AvgIpc) is 2.95.